The molecule has 0 atom stereocenters. The number of halogens is 1. The van der Waals surface area contributed by atoms with Crippen molar-refractivity contribution >= 4 is 41.2 Å². The normalized spacial score (nSPS) is 17.5. The van der Waals surface area contributed by atoms with Crippen molar-refractivity contribution < 1.29 is 14.0 Å². The maximum atomic E-state index is 14.0. The first-order valence-corrected chi connectivity index (χ1v) is 8.95. The minimum atomic E-state index is -0.592. The molecule has 29 heavy (non-hydrogen) atoms. The van der Waals surface area contributed by atoms with E-state index in [1.807, 2.05) is 0 Å². The number of aromatic nitrogens is 4. The van der Waals surface area contributed by atoms with Crippen molar-refractivity contribution in [3.05, 3.63) is 47.5 Å². The number of nitrogens with zero attached hydrogens (tertiary/aromatic N) is 4. The highest BCUT2D eigenvalue weighted by Gasteiger charge is 2.26. The Morgan fingerprint density at radius 1 is 1.17 bits per heavy atom. The lowest BCUT2D eigenvalue weighted by molar-refractivity contribution is -0.115. The molecule has 1 aliphatic carbocycles. The van der Waals surface area contributed by atoms with Gasteiger partial charge in [0.15, 0.2) is 5.65 Å². The largest absolute Gasteiger partial charge is 0.351 e. The summed E-state index contributed by atoms with van der Waals surface area (Å²) in [5.74, 6) is -0.356. The first-order chi connectivity index (χ1) is 14.1. The first kappa shape index (κ1) is 17.1. The van der Waals surface area contributed by atoms with Crippen molar-refractivity contribution in [1.29, 1.82) is 0 Å². The molecule has 0 unspecified atom stereocenters. The molecule has 10 nitrogen and oxygen atoms in total. The third-order valence-corrected chi connectivity index (χ3v) is 4.45. The Bertz CT molecular complexity index is 1180. The number of hydrogen-bond acceptors (Lipinski definition) is 7. The Kier molecular flexibility index (Phi) is 3.86. The van der Waals surface area contributed by atoms with Crippen molar-refractivity contribution in [2.24, 2.45) is 0 Å². The third-order valence-electron chi connectivity index (χ3n) is 4.45. The number of carbonyl (C=O) groups excluding carboxylic acids is 2. The summed E-state index contributed by atoms with van der Waals surface area (Å²) in [6.07, 6.45) is 5.03. The zero-order valence-electron chi connectivity index (χ0n) is 14.9. The highest BCUT2D eigenvalue weighted by molar-refractivity contribution is 6.14. The van der Waals surface area contributed by atoms with Crippen molar-refractivity contribution in [3.63, 3.8) is 0 Å². The number of imide groups is 1. The molecule has 3 aromatic rings. The van der Waals surface area contributed by atoms with Gasteiger partial charge in [-0.05, 0) is 31.1 Å². The van der Waals surface area contributed by atoms with Crippen molar-refractivity contribution in [3.8, 4) is 0 Å². The lowest BCUT2D eigenvalue weighted by Crippen LogP contribution is -2.22. The van der Waals surface area contributed by atoms with Crippen LogP contribution in [0, 0.1) is 5.82 Å². The highest BCUT2D eigenvalue weighted by atomic mass is 19.1. The minimum Gasteiger partial charge on any atom is -0.351 e. The molecular formula is C18H15FN8O2. The predicted octanol–water partition coefficient (Wildman–Crippen LogP) is 1.76. The summed E-state index contributed by atoms with van der Waals surface area (Å²) in [5.41, 5.74) is 1.21. The van der Waals surface area contributed by atoms with E-state index < -0.39 is 17.8 Å². The number of anilines is 3. The van der Waals surface area contributed by atoms with Crippen LogP contribution in [-0.4, -0.2) is 37.6 Å². The van der Waals surface area contributed by atoms with Crippen molar-refractivity contribution in [1.82, 2.24) is 30.2 Å². The van der Waals surface area contributed by atoms with Gasteiger partial charge in [-0.15, -0.1) is 0 Å². The van der Waals surface area contributed by atoms with Gasteiger partial charge in [0.1, 0.15) is 11.5 Å². The van der Waals surface area contributed by atoms with Gasteiger partial charge < -0.3 is 16.0 Å². The average molecular weight is 394 g/mol. The molecule has 0 bridgehead atoms. The lowest BCUT2D eigenvalue weighted by Gasteiger charge is -2.10. The number of para-hydroxylation sites is 1. The van der Waals surface area contributed by atoms with Crippen LogP contribution < -0.4 is 21.3 Å². The number of carbonyl (C=O) groups is 2. The van der Waals surface area contributed by atoms with E-state index in [-0.39, 0.29) is 17.3 Å². The fourth-order valence-corrected chi connectivity index (χ4v) is 2.88. The molecular weight excluding hydrogens is 379 g/mol. The average Bonchev–Trinajstić information content (AvgIpc) is 3.33. The number of benzene rings is 1. The van der Waals surface area contributed by atoms with E-state index in [9.17, 15) is 14.0 Å². The Hall–Kier alpha value is -4.02. The number of nitrogens with one attached hydrogen (secondary N) is 4. The van der Waals surface area contributed by atoms with Gasteiger partial charge in [-0.1, -0.05) is 12.1 Å². The molecule has 0 spiro atoms. The molecule has 5 rings (SSSR count). The fraction of sp³-hybridized carbons (Fsp3) is 0.167. The van der Waals surface area contributed by atoms with Crippen LogP contribution in [0.3, 0.4) is 0 Å². The van der Waals surface area contributed by atoms with Gasteiger partial charge >= 0.3 is 6.03 Å². The summed E-state index contributed by atoms with van der Waals surface area (Å²) in [6, 6.07) is 5.90. The van der Waals surface area contributed by atoms with Crippen LogP contribution in [-0.2, 0) is 4.79 Å². The zero-order valence-corrected chi connectivity index (χ0v) is 14.9. The van der Waals surface area contributed by atoms with Gasteiger partial charge in [-0.2, -0.15) is 19.6 Å². The summed E-state index contributed by atoms with van der Waals surface area (Å²) in [5, 5.41) is 15.0. The topological polar surface area (TPSA) is 125 Å². The second-order valence-corrected chi connectivity index (χ2v) is 6.70. The maximum absolute atomic E-state index is 14.0. The molecule has 11 heteroatoms. The van der Waals surface area contributed by atoms with Crippen molar-refractivity contribution in [2.45, 2.75) is 18.9 Å². The van der Waals surface area contributed by atoms with E-state index in [0.717, 1.165) is 12.8 Å². The van der Waals surface area contributed by atoms with Gasteiger partial charge in [-0.3, -0.25) is 10.1 Å². The summed E-state index contributed by atoms with van der Waals surface area (Å²) in [6.45, 7) is 0. The molecule has 2 fully saturated rings. The predicted molar refractivity (Wildman–Crippen MR) is 102 cm³/mol. The van der Waals surface area contributed by atoms with E-state index in [4.69, 9.17) is 0 Å². The Labute approximate surface area is 163 Å². The standard InChI is InChI=1S/C18H15FN8O2/c19-11-3-1-2-4-12(11)22-16-24-14-9(7-13-15(28)25-18(29)23-13)8-20-27(14)17(26-16)21-10-5-6-10/h1-4,7-8,10H,5-6H2,(H2,21,22,24,26)(H2,23,25,28,29)/b13-7-. The number of urea groups is 1. The molecule has 4 N–H and O–H groups in total. The van der Waals surface area contributed by atoms with Gasteiger partial charge in [0, 0.05) is 11.6 Å². The van der Waals surface area contributed by atoms with Gasteiger partial charge in [0.05, 0.1) is 11.9 Å². The molecule has 3 heterocycles. The Balaban J connectivity index is 1.59. The van der Waals surface area contributed by atoms with Crippen LogP contribution >= 0.6 is 0 Å². The quantitative estimate of drug-likeness (QED) is 0.384. The molecule has 3 amide bonds. The Morgan fingerprint density at radius 3 is 2.72 bits per heavy atom. The third kappa shape index (κ3) is 3.33. The summed E-state index contributed by atoms with van der Waals surface area (Å²) < 4.78 is 15.5. The summed E-state index contributed by atoms with van der Waals surface area (Å²) in [7, 11) is 0. The minimum absolute atomic E-state index is 0.0869. The zero-order chi connectivity index (χ0) is 20.0. The molecule has 0 radical (unpaired) electrons. The smallest absolute Gasteiger partial charge is 0.326 e. The molecule has 146 valence electrons. The van der Waals surface area contributed by atoms with Crippen LogP contribution in [0.4, 0.5) is 26.8 Å². The van der Waals surface area contributed by atoms with Gasteiger partial charge in [-0.25, -0.2) is 9.18 Å². The number of amides is 3. The second-order valence-electron chi connectivity index (χ2n) is 6.70. The summed E-state index contributed by atoms with van der Waals surface area (Å²) >= 11 is 0. The van der Waals surface area contributed by atoms with Crippen LogP contribution in [0.5, 0.6) is 0 Å². The van der Waals surface area contributed by atoms with E-state index >= 15 is 0 Å². The van der Waals surface area contributed by atoms with Gasteiger partial charge in [0.25, 0.3) is 5.91 Å². The SMILES string of the molecule is O=C1NC(=O)/C(=C/c2cnn3c(NC4CC4)nc(Nc4ccccc4F)nc23)N1. The van der Waals surface area contributed by atoms with Crippen LogP contribution in [0.2, 0.25) is 0 Å². The fourth-order valence-electron chi connectivity index (χ4n) is 2.88. The number of hydrogen-bond donors (Lipinski definition) is 4. The molecule has 1 saturated carbocycles. The molecule has 2 aliphatic rings. The maximum Gasteiger partial charge on any atom is 0.326 e. The highest BCUT2D eigenvalue weighted by Crippen LogP contribution is 2.26. The molecule has 2 aromatic heterocycles. The number of rotatable bonds is 5. The molecule has 1 saturated heterocycles. The lowest BCUT2D eigenvalue weighted by atomic mass is 10.2. The van der Waals surface area contributed by atoms with Crippen LogP contribution in [0.15, 0.2) is 36.2 Å². The van der Waals surface area contributed by atoms with Crippen LogP contribution in [0.25, 0.3) is 11.7 Å². The monoisotopic (exact) mass is 394 g/mol. The molecule has 1 aromatic carbocycles. The van der Waals surface area contributed by atoms with E-state index in [1.165, 1.54) is 22.9 Å². The van der Waals surface area contributed by atoms with Crippen molar-refractivity contribution in [2.75, 3.05) is 10.6 Å². The second kappa shape index (κ2) is 6.55. The van der Waals surface area contributed by atoms with Gasteiger partial charge in [0.2, 0.25) is 11.9 Å². The summed E-state index contributed by atoms with van der Waals surface area (Å²) in [4.78, 5) is 32.0. The first-order valence-electron chi connectivity index (χ1n) is 8.95. The van der Waals surface area contributed by atoms with Crippen LogP contribution in [0.1, 0.15) is 18.4 Å². The molecule has 1 aliphatic heterocycles. The van der Waals surface area contributed by atoms with E-state index in [0.29, 0.717) is 23.2 Å². The van der Waals surface area contributed by atoms with E-state index in [1.54, 1.807) is 18.2 Å². The number of fused-ring (bicyclic) bond motifs is 1. The van der Waals surface area contributed by atoms with E-state index in [2.05, 4.69) is 36.3 Å². The Morgan fingerprint density at radius 2 is 2.00 bits per heavy atom.